The fraction of sp³-hybridized carbons (Fsp3) is 1.00. The van der Waals surface area contributed by atoms with Crippen molar-refractivity contribution in [2.24, 2.45) is 5.40 Å². The van der Waals surface area contributed by atoms with Gasteiger partial charge in [0, 0.05) is 0 Å². The van der Waals surface area contributed by atoms with Gasteiger partial charge in [-0.15, -0.1) is 0 Å². The van der Waals surface area contributed by atoms with Crippen LogP contribution in [0.3, 0.4) is 0 Å². The Balaban J connectivity index is 4.01. The molecule has 0 spiro atoms. The molecule has 0 aromatic heterocycles. The van der Waals surface area contributed by atoms with Crippen LogP contribution in [-0.2, 0) is 0 Å². The molecule has 0 unspecified atom stereocenters. The van der Waals surface area contributed by atoms with Crippen LogP contribution in [0.4, 0.5) is 0 Å². The van der Waals surface area contributed by atoms with Gasteiger partial charge in [-0.3, -0.25) is 0 Å². The van der Waals surface area contributed by atoms with Gasteiger partial charge >= 0.3 is 0 Å². The first-order valence-electron chi connectivity index (χ1n) is 3.68. The van der Waals surface area contributed by atoms with E-state index in [4.69, 9.17) is 5.40 Å². The lowest BCUT2D eigenvalue weighted by Gasteiger charge is -2.30. The number of nitrogens with two attached hydrogens (primary N) is 1. The van der Waals surface area contributed by atoms with Gasteiger partial charge in [0.2, 0.25) is 0 Å². The van der Waals surface area contributed by atoms with Gasteiger partial charge in [-0.05, 0) is 11.1 Å². The smallest absolute Gasteiger partial charge is 0.125 e. The molecule has 0 saturated heterocycles. The summed E-state index contributed by atoms with van der Waals surface area (Å²) < 4.78 is 0. The standard InChI is InChI=1S/C7H19NSi/c1-6(2)9(5,8)7(3)4/h6-7H,8H2,1-5H3. The first-order valence-corrected chi connectivity index (χ1v) is 6.41. The lowest BCUT2D eigenvalue weighted by Crippen LogP contribution is -2.47. The van der Waals surface area contributed by atoms with Crippen LogP contribution in [0.1, 0.15) is 27.7 Å². The Hall–Kier alpha value is 0.177. The van der Waals surface area contributed by atoms with E-state index in [0.717, 1.165) is 0 Å². The molecule has 0 aliphatic rings. The van der Waals surface area contributed by atoms with Crippen LogP contribution in [0.25, 0.3) is 0 Å². The second kappa shape index (κ2) is 2.84. The molecule has 0 aromatic carbocycles. The summed E-state index contributed by atoms with van der Waals surface area (Å²) in [6, 6.07) is 0. The molecule has 0 fully saturated rings. The molecule has 56 valence electrons. The predicted octanol–water partition coefficient (Wildman–Crippen LogP) is 2.34. The van der Waals surface area contributed by atoms with Gasteiger partial charge in [0.05, 0.1) is 0 Å². The van der Waals surface area contributed by atoms with Crippen molar-refractivity contribution in [2.45, 2.75) is 45.3 Å². The second-order valence-electron chi connectivity index (χ2n) is 3.68. The topological polar surface area (TPSA) is 26.0 Å². The van der Waals surface area contributed by atoms with E-state index in [9.17, 15) is 0 Å². The lowest BCUT2D eigenvalue weighted by molar-refractivity contribution is 0.893. The Morgan fingerprint density at radius 1 is 1.00 bits per heavy atom. The zero-order valence-corrected chi connectivity index (χ0v) is 8.23. The van der Waals surface area contributed by atoms with Crippen LogP contribution < -0.4 is 5.40 Å². The zero-order valence-electron chi connectivity index (χ0n) is 7.23. The van der Waals surface area contributed by atoms with Gasteiger partial charge in [0.1, 0.15) is 8.24 Å². The van der Waals surface area contributed by atoms with E-state index in [-0.39, 0.29) is 0 Å². The lowest BCUT2D eigenvalue weighted by atomic mass is 10.5. The quantitative estimate of drug-likeness (QED) is 0.593. The SMILES string of the molecule is CC(C)[Si](C)(N)C(C)C. The van der Waals surface area contributed by atoms with Crippen molar-refractivity contribution in [1.29, 1.82) is 0 Å². The predicted molar refractivity (Wildman–Crippen MR) is 46.0 cm³/mol. The van der Waals surface area contributed by atoms with Crippen molar-refractivity contribution in [3.05, 3.63) is 0 Å². The van der Waals surface area contributed by atoms with E-state index in [1.807, 2.05) is 0 Å². The van der Waals surface area contributed by atoms with Crippen molar-refractivity contribution < 1.29 is 0 Å². The minimum atomic E-state index is -1.36. The molecule has 0 radical (unpaired) electrons. The van der Waals surface area contributed by atoms with Crippen LogP contribution in [0.5, 0.6) is 0 Å². The van der Waals surface area contributed by atoms with Gasteiger partial charge in [0.25, 0.3) is 0 Å². The summed E-state index contributed by atoms with van der Waals surface area (Å²) in [5.41, 5.74) is 1.41. The average molecular weight is 145 g/mol. The fourth-order valence-electron chi connectivity index (χ4n) is 0.667. The third-order valence-corrected chi connectivity index (χ3v) is 7.46. The Morgan fingerprint density at radius 3 is 1.22 bits per heavy atom. The van der Waals surface area contributed by atoms with Crippen LogP contribution in [0.2, 0.25) is 17.6 Å². The maximum absolute atomic E-state index is 6.14. The Morgan fingerprint density at radius 2 is 1.22 bits per heavy atom. The Labute approximate surface area is 59.7 Å². The molecule has 0 rings (SSSR count). The largest absolute Gasteiger partial charge is 0.350 e. The molecular formula is C7H19NSi. The highest BCUT2D eigenvalue weighted by molar-refractivity contribution is 6.78. The molecule has 0 bridgehead atoms. The molecule has 0 amide bonds. The third-order valence-electron chi connectivity index (χ3n) is 2.49. The van der Waals surface area contributed by atoms with E-state index < -0.39 is 8.24 Å². The number of hydrogen-bond acceptors (Lipinski definition) is 1. The molecule has 0 aromatic rings. The highest BCUT2D eigenvalue weighted by atomic mass is 28.3. The van der Waals surface area contributed by atoms with Crippen LogP contribution >= 0.6 is 0 Å². The van der Waals surface area contributed by atoms with Gasteiger partial charge in [-0.1, -0.05) is 34.2 Å². The Kier molecular flexibility index (Phi) is 2.90. The molecule has 2 heteroatoms. The highest BCUT2D eigenvalue weighted by Crippen LogP contribution is 2.26. The average Bonchev–Trinajstić information content (AvgIpc) is 1.65. The first kappa shape index (κ1) is 9.18. The summed E-state index contributed by atoms with van der Waals surface area (Å²) >= 11 is 0. The summed E-state index contributed by atoms with van der Waals surface area (Å²) in [6.45, 7) is 11.2. The van der Waals surface area contributed by atoms with Crippen LogP contribution in [0.15, 0.2) is 0 Å². The van der Waals surface area contributed by atoms with E-state index in [2.05, 4.69) is 34.2 Å². The maximum atomic E-state index is 6.14. The van der Waals surface area contributed by atoms with E-state index >= 15 is 0 Å². The Bertz CT molecular complexity index is 76.9. The van der Waals surface area contributed by atoms with Crippen molar-refractivity contribution >= 4 is 8.24 Å². The summed E-state index contributed by atoms with van der Waals surface area (Å²) in [5, 5.41) is 6.14. The van der Waals surface area contributed by atoms with Crippen molar-refractivity contribution in [3.63, 3.8) is 0 Å². The van der Waals surface area contributed by atoms with Crippen molar-refractivity contribution in [3.8, 4) is 0 Å². The molecule has 2 N–H and O–H groups in total. The third kappa shape index (κ3) is 2.10. The van der Waals surface area contributed by atoms with Gasteiger partial charge in [0.15, 0.2) is 0 Å². The molecule has 0 saturated carbocycles. The zero-order chi connectivity index (χ0) is 7.65. The summed E-state index contributed by atoms with van der Waals surface area (Å²) in [5.74, 6) is 0. The van der Waals surface area contributed by atoms with Crippen LogP contribution in [-0.4, -0.2) is 8.24 Å². The molecule has 0 atom stereocenters. The summed E-state index contributed by atoms with van der Waals surface area (Å²) in [6.07, 6.45) is 0. The maximum Gasteiger partial charge on any atom is 0.125 e. The van der Waals surface area contributed by atoms with Gasteiger partial charge in [-0.2, -0.15) is 0 Å². The molecule has 0 aliphatic carbocycles. The summed E-state index contributed by atoms with van der Waals surface area (Å²) in [4.78, 5) is 0. The number of rotatable bonds is 2. The second-order valence-corrected chi connectivity index (χ2v) is 8.72. The molecular weight excluding hydrogens is 126 g/mol. The molecule has 0 aliphatic heterocycles. The van der Waals surface area contributed by atoms with Crippen molar-refractivity contribution in [1.82, 2.24) is 0 Å². The highest BCUT2D eigenvalue weighted by Gasteiger charge is 2.29. The minimum Gasteiger partial charge on any atom is -0.350 e. The first-order chi connectivity index (χ1) is 3.89. The number of hydrogen-bond donors (Lipinski definition) is 1. The van der Waals surface area contributed by atoms with E-state index in [1.54, 1.807) is 0 Å². The monoisotopic (exact) mass is 145 g/mol. The van der Waals surface area contributed by atoms with Crippen molar-refractivity contribution in [2.75, 3.05) is 0 Å². The molecule has 1 nitrogen and oxygen atoms in total. The van der Waals surface area contributed by atoms with Gasteiger partial charge < -0.3 is 5.40 Å². The molecule has 9 heavy (non-hydrogen) atoms. The fourth-order valence-corrected chi connectivity index (χ4v) is 2.00. The minimum absolute atomic E-state index is 0.706. The van der Waals surface area contributed by atoms with E-state index in [1.165, 1.54) is 0 Å². The summed E-state index contributed by atoms with van der Waals surface area (Å²) in [7, 11) is -1.36. The molecule has 0 heterocycles. The van der Waals surface area contributed by atoms with Gasteiger partial charge in [-0.25, -0.2) is 0 Å². The van der Waals surface area contributed by atoms with Crippen LogP contribution in [0, 0.1) is 0 Å². The normalized spacial score (nSPS) is 13.3. The van der Waals surface area contributed by atoms with E-state index in [0.29, 0.717) is 11.1 Å².